The number of fused-ring (bicyclic) bond motifs is 1. The van der Waals surface area contributed by atoms with Crippen LogP contribution in [0.15, 0.2) is 18.2 Å². The van der Waals surface area contributed by atoms with Crippen molar-refractivity contribution in [2.75, 3.05) is 13.2 Å². The van der Waals surface area contributed by atoms with Crippen LogP contribution in [0.1, 0.15) is 43.0 Å². The van der Waals surface area contributed by atoms with Crippen LogP contribution < -0.4 is 14.8 Å². The molecule has 1 aromatic rings. The van der Waals surface area contributed by atoms with Gasteiger partial charge in [-0.2, -0.15) is 0 Å². The number of nitrogens with one attached hydrogen (secondary N) is 1. The molecule has 1 amide bonds. The van der Waals surface area contributed by atoms with E-state index in [0.717, 1.165) is 12.2 Å². The van der Waals surface area contributed by atoms with E-state index < -0.39 is 0 Å². The minimum absolute atomic E-state index is 0.0132. The van der Waals surface area contributed by atoms with Gasteiger partial charge >= 0.3 is 0 Å². The van der Waals surface area contributed by atoms with Crippen LogP contribution in [0.4, 0.5) is 0 Å². The van der Waals surface area contributed by atoms with E-state index in [9.17, 15) is 4.79 Å². The number of carbonyl (C=O) groups is 1. The molecule has 3 rings (SSSR count). The molecule has 1 N–H and O–H groups in total. The summed E-state index contributed by atoms with van der Waals surface area (Å²) < 4.78 is 11.0. The molecule has 0 radical (unpaired) electrons. The Balaban J connectivity index is 1.70. The van der Waals surface area contributed by atoms with Crippen LogP contribution in [0.5, 0.6) is 11.5 Å². The average Bonchev–Trinajstić information content (AvgIpc) is 2.49. The van der Waals surface area contributed by atoms with Crippen molar-refractivity contribution in [1.29, 1.82) is 0 Å². The Bertz CT molecular complexity index is 500. The van der Waals surface area contributed by atoms with Gasteiger partial charge in [0.25, 0.3) is 5.91 Å². The summed E-state index contributed by atoms with van der Waals surface area (Å²) in [6, 6.07) is 5.69. The standard InChI is InChI=1S/C16H21NO3/c1-11-4-2-3-5-13(11)17-16(18)12-6-7-14-15(10-12)20-9-8-19-14/h6-7,10-11,13H,2-5,8-9H2,1H3,(H,17,18)/t11-,13+/m1/s1. The van der Waals surface area contributed by atoms with Crippen molar-refractivity contribution in [1.82, 2.24) is 5.32 Å². The highest BCUT2D eigenvalue weighted by Gasteiger charge is 2.24. The highest BCUT2D eigenvalue weighted by atomic mass is 16.6. The topological polar surface area (TPSA) is 47.6 Å². The molecule has 1 aliphatic heterocycles. The fourth-order valence-electron chi connectivity index (χ4n) is 2.97. The summed E-state index contributed by atoms with van der Waals surface area (Å²) in [6.45, 7) is 3.32. The zero-order chi connectivity index (χ0) is 13.9. The molecule has 2 atom stereocenters. The number of amides is 1. The molecule has 0 unspecified atom stereocenters. The molecule has 0 spiro atoms. The van der Waals surface area contributed by atoms with Gasteiger partial charge in [-0.15, -0.1) is 0 Å². The summed E-state index contributed by atoms with van der Waals surface area (Å²) in [5.74, 6) is 1.94. The van der Waals surface area contributed by atoms with Crippen molar-refractivity contribution in [3.05, 3.63) is 23.8 Å². The second-order valence-corrected chi connectivity index (χ2v) is 5.70. The van der Waals surface area contributed by atoms with Crippen LogP contribution in [-0.2, 0) is 0 Å². The van der Waals surface area contributed by atoms with E-state index in [4.69, 9.17) is 9.47 Å². The minimum Gasteiger partial charge on any atom is -0.486 e. The Morgan fingerprint density at radius 1 is 1.15 bits per heavy atom. The molecule has 0 aromatic heterocycles. The van der Waals surface area contributed by atoms with Crippen LogP contribution >= 0.6 is 0 Å². The molecule has 2 aliphatic rings. The molecular weight excluding hydrogens is 254 g/mol. The second-order valence-electron chi connectivity index (χ2n) is 5.70. The van der Waals surface area contributed by atoms with E-state index in [1.54, 1.807) is 12.1 Å². The zero-order valence-corrected chi connectivity index (χ0v) is 11.9. The van der Waals surface area contributed by atoms with Crippen LogP contribution in [0.2, 0.25) is 0 Å². The fourth-order valence-corrected chi connectivity index (χ4v) is 2.97. The molecule has 20 heavy (non-hydrogen) atoms. The first-order valence-corrected chi connectivity index (χ1v) is 7.44. The summed E-state index contributed by atoms with van der Waals surface area (Å²) >= 11 is 0. The number of benzene rings is 1. The van der Waals surface area contributed by atoms with Crippen LogP contribution in [0.3, 0.4) is 0 Å². The number of carbonyl (C=O) groups excluding carboxylic acids is 1. The Labute approximate surface area is 119 Å². The average molecular weight is 275 g/mol. The van der Waals surface area contributed by atoms with Crippen LogP contribution in [0, 0.1) is 5.92 Å². The van der Waals surface area contributed by atoms with Crippen molar-refractivity contribution in [3.8, 4) is 11.5 Å². The van der Waals surface area contributed by atoms with E-state index in [2.05, 4.69) is 12.2 Å². The van der Waals surface area contributed by atoms with Gasteiger partial charge in [0.15, 0.2) is 11.5 Å². The Morgan fingerprint density at radius 2 is 1.90 bits per heavy atom. The molecule has 1 saturated carbocycles. The van der Waals surface area contributed by atoms with Crippen molar-refractivity contribution in [2.45, 2.75) is 38.6 Å². The molecule has 4 heteroatoms. The third kappa shape index (κ3) is 2.74. The normalized spacial score (nSPS) is 25.1. The molecular formula is C16H21NO3. The summed E-state index contributed by atoms with van der Waals surface area (Å²) in [5, 5.41) is 3.16. The van der Waals surface area contributed by atoms with Gasteiger partial charge in [0.1, 0.15) is 13.2 Å². The highest BCUT2D eigenvalue weighted by molar-refractivity contribution is 5.95. The second kappa shape index (κ2) is 5.73. The smallest absolute Gasteiger partial charge is 0.251 e. The van der Waals surface area contributed by atoms with Crippen LogP contribution in [0.25, 0.3) is 0 Å². The van der Waals surface area contributed by atoms with Gasteiger partial charge in [0.05, 0.1) is 0 Å². The van der Waals surface area contributed by atoms with Gasteiger partial charge in [-0.3, -0.25) is 4.79 Å². The Hall–Kier alpha value is -1.71. The van der Waals surface area contributed by atoms with E-state index in [-0.39, 0.29) is 5.91 Å². The van der Waals surface area contributed by atoms with E-state index in [1.165, 1.54) is 19.3 Å². The van der Waals surface area contributed by atoms with Gasteiger partial charge in [0, 0.05) is 11.6 Å². The Morgan fingerprint density at radius 3 is 2.70 bits per heavy atom. The maximum absolute atomic E-state index is 12.3. The lowest BCUT2D eigenvalue weighted by molar-refractivity contribution is 0.0909. The first-order valence-electron chi connectivity index (χ1n) is 7.44. The lowest BCUT2D eigenvalue weighted by Crippen LogP contribution is -2.41. The molecule has 4 nitrogen and oxygen atoms in total. The maximum Gasteiger partial charge on any atom is 0.251 e. The largest absolute Gasteiger partial charge is 0.486 e. The van der Waals surface area contributed by atoms with Crippen molar-refractivity contribution in [2.24, 2.45) is 5.92 Å². The van der Waals surface area contributed by atoms with Crippen molar-refractivity contribution in [3.63, 3.8) is 0 Å². The number of hydrogen-bond donors (Lipinski definition) is 1. The predicted molar refractivity (Wildman–Crippen MR) is 76.3 cm³/mol. The lowest BCUT2D eigenvalue weighted by Gasteiger charge is -2.29. The fraction of sp³-hybridized carbons (Fsp3) is 0.562. The Kier molecular flexibility index (Phi) is 3.81. The predicted octanol–water partition coefficient (Wildman–Crippen LogP) is 2.77. The van der Waals surface area contributed by atoms with Crippen LogP contribution in [-0.4, -0.2) is 25.2 Å². The number of rotatable bonds is 2. The molecule has 1 fully saturated rings. The SMILES string of the molecule is C[C@@H]1CCCC[C@@H]1NC(=O)c1ccc2c(c1)OCCO2. The monoisotopic (exact) mass is 275 g/mol. The minimum atomic E-state index is -0.0132. The molecule has 0 saturated heterocycles. The molecule has 108 valence electrons. The van der Waals surface area contributed by atoms with E-state index >= 15 is 0 Å². The summed E-state index contributed by atoms with van der Waals surface area (Å²) in [6.07, 6.45) is 4.76. The van der Waals surface area contributed by atoms with E-state index in [0.29, 0.717) is 36.5 Å². The summed E-state index contributed by atoms with van der Waals surface area (Å²) in [5.41, 5.74) is 0.645. The number of ether oxygens (including phenoxy) is 2. The zero-order valence-electron chi connectivity index (χ0n) is 11.9. The molecule has 1 heterocycles. The summed E-state index contributed by atoms with van der Waals surface area (Å²) in [7, 11) is 0. The van der Waals surface area contributed by atoms with E-state index in [1.807, 2.05) is 6.07 Å². The quantitative estimate of drug-likeness (QED) is 0.902. The third-order valence-corrected chi connectivity index (χ3v) is 4.23. The first kappa shape index (κ1) is 13.3. The van der Waals surface area contributed by atoms with Gasteiger partial charge in [-0.1, -0.05) is 19.8 Å². The lowest BCUT2D eigenvalue weighted by atomic mass is 9.86. The van der Waals surface area contributed by atoms with Gasteiger partial charge < -0.3 is 14.8 Å². The maximum atomic E-state index is 12.3. The molecule has 1 aromatic carbocycles. The highest BCUT2D eigenvalue weighted by Crippen LogP contribution is 2.31. The number of hydrogen-bond acceptors (Lipinski definition) is 3. The van der Waals surface area contributed by atoms with Gasteiger partial charge in [-0.05, 0) is 37.0 Å². The van der Waals surface area contributed by atoms with Crippen molar-refractivity contribution < 1.29 is 14.3 Å². The molecule has 0 bridgehead atoms. The van der Waals surface area contributed by atoms with Gasteiger partial charge in [0.2, 0.25) is 0 Å². The van der Waals surface area contributed by atoms with Gasteiger partial charge in [-0.25, -0.2) is 0 Å². The first-order chi connectivity index (χ1) is 9.74. The van der Waals surface area contributed by atoms with Crippen molar-refractivity contribution >= 4 is 5.91 Å². The third-order valence-electron chi connectivity index (χ3n) is 4.23. The summed E-state index contributed by atoms with van der Waals surface area (Å²) in [4.78, 5) is 12.3. The molecule has 1 aliphatic carbocycles.